The van der Waals surface area contributed by atoms with Crippen molar-refractivity contribution in [3.8, 4) is 0 Å². The van der Waals surface area contributed by atoms with Crippen LogP contribution in [0.4, 0.5) is 5.69 Å². The molecule has 0 spiro atoms. The van der Waals surface area contributed by atoms with Gasteiger partial charge in [-0.2, -0.15) is 0 Å². The van der Waals surface area contributed by atoms with E-state index in [1.807, 2.05) is 54.2 Å². The first-order chi connectivity index (χ1) is 10.7. The molecule has 4 heteroatoms. The van der Waals surface area contributed by atoms with Gasteiger partial charge in [0.25, 0.3) is 0 Å². The lowest BCUT2D eigenvalue weighted by molar-refractivity contribution is 0.555. The van der Waals surface area contributed by atoms with Gasteiger partial charge in [-0.3, -0.25) is 0 Å². The van der Waals surface area contributed by atoms with E-state index in [2.05, 4.69) is 17.4 Å². The number of thioether (sulfide) groups is 1. The molecular weight excluding hydrogens is 294 g/mol. The number of benzene rings is 2. The molecule has 0 unspecified atom stereocenters. The van der Waals surface area contributed by atoms with Gasteiger partial charge < -0.3 is 9.73 Å². The fourth-order valence-corrected chi connectivity index (χ4v) is 2.99. The molecule has 1 aromatic heterocycles. The van der Waals surface area contributed by atoms with E-state index in [1.54, 1.807) is 6.92 Å². The van der Waals surface area contributed by atoms with Gasteiger partial charge >= 0.3 is 5.63 Å². The summed E-state index contributed by atoms with van der Waals surface area (Å²) in [6.07, 6.45) is 0. The maximum Gasteiger partial charge on any atom is 0.339 e. The van der Waals surface area contributed by atoms with Gasteiger partial charge in [0.15, 0.2) is 0 Å². The molecular formula is C18H17NO2S. The SMILES string of the molecule is Cc1cc2ccc(NCCSc3ccccc3)cc2oc1=O. The molecule has 0 bridgehead atoms. The zero-order chi connectivity index (χ0) is 15.4. The summed E-state index contributed by atoms with van der Waals surface area (Å²) in [5.74, 6) is 0.972. The minimum Gasteiger partial charge on any atom is -0.422 e. The average molecular weight is 311 g/mol. The quantitative estimate of drug-likeness (QED) is 0.433. The maximum absolute atomic E-state index is 11.6. The van der Waals surface area contributed by atoms with Crippen molar-refractivity contribution in [1.82, 2.24) is 0 Å². The van der Waals surface area contributed by atoms with Gasteiger partial charge in [-0.1, -0.05) is 18.2 Å². The highest BCUT2D eigenvalue weighted by molar-refractivity contribution is 7.99. The van der Waals surface area contributed by atoms with Crippen molar-refractivity contribution in [2.24, 2.45) is 0 Å². The van der Waals surface area contributed by atoms with Crippen LogP contribution in [-0.4, -0.2) is 12.3 Å². The highest BCUT2D eigenvalue weighted by atomic mass is 32.2. The summed E-state index contributed by atoms with van der Waals surface area (Å²) < 4.78 is 5.31. The molecule has 22 heavy (non-hydrogen) atoms. The summed E-state index contributed by atoms with van der Waals surface area (Å²) in [7, 11) is 0. The summed E-state index contributed by atoms with van der Waals surface area (Å²) in [4.78, 5) is 12.8. The third kappa shape index (κ3) is 3.52. The van der Waals surface area contributed by atoms with Gasteiger partial charge in [0.2, 0.25) is 0 Å². The fourth-order valence-electron chi connectivity index (χ4n) is 2.21. The molecule has 0 fully saturated rings. The van der Waals surface area contributed by atoms with E-state index in [0.717, 1.165) is 23.4 Å². The topological polar surface area (TPSA) is 42.2 Å². The molecule has 0 saturated heterocycles. The van der Waals surface area contributed by atoms with Crippen molar-refractivity contribution in [3.05, 3.63) is 70.6 Å². The highest BCUT2D eigenvalue weighted by Gasteiger charge is 2.02. The van der Waals surface area contributed by atoms with Gasteiger partial charge in [0.05, 0.1) is 0 Å². The third-order valence-electron chi connectivity index (χ3n) is 3.35. The first-order valence-corrected chi connectivity index (χ1v) is 8.17. The van der Waals surface area contributed by atoms with Crippen LogP contribution in [0.15, 0.2) is 68.7 Å². The zero-order valence-corrected chi connectivity index (χ0v) is 13.2. The second kappa shape index (κ2) is 6.71. The first-order valence-electron chi connectivity index (χ1n) is 7.18. The fraction of sp³-hybridized carbons (Fsp3) is 0.167. The Kier molecular flexibility index (Phi) is 4.49. The third-order valence-corrected chi connectivity index (χ3v) is 4.37. The molecule has 0 saturated carbocycles. The van der Waals surface area contributed by atoms with E-state index < -0.39 is 0 Å². The summed E-state index contributed by atoms with van der Waals surface area (Å²) in [6.45, 7) is 2.61. The van der Waals surface area contributed by atoms with Crippen molar-refractivity contribution >= 4 is 28.4 Å². The van der Waals surface area contributed by atoms with Crippen LogP contribution in [0.5, 0.6) is 0 Å². The standard InChI is InChI=1S/C18H17NO2S/c1-13-11-14-7-8-15(12-17(14)21-18(13)20)19-9-10-22-16-5-3-2-4-6-16/h2-8,11-12,19H,9-10H2,1H3. The van der Waals surface area contributed by atoms with Crippen LogP contribution >= 0.6 is 11.8 Å². The number of fused-ring (bicyclic) bond motifs is 1. The first kappa shape index (κ1) is 14.7. The van der Waals surface area contributed by atoms with E-state index in [9.17, 15) is 4.79 Å². The molecule has 1 N–H and O–H groups in total. The van der Waals surface area contributed by atoms with Crippen LogP contribution in [0, 0.1) is 6.92 Å². The highest BCUT2D eigenvalue weighted by Crippen LogP contribution is 2.20. The molecule has 0 aliphatic carbocycles. The summed E-state index contributed by atoms with van der Waals surface area (Å²) in [5, 5.41) is 4.30. The second-order valence-electron chi connectivity index (χ2n) is 5.06. The van der Waals surface area contributed by atoms with Crippen molar-refractivity contribution in [2.45, 2.75) is 11.8 Å². The molecule has 0 radical (unpaired) electrons. The smallest absolute Gasteiger partial charge is 0.339 e. The van der Waals surface area contributed by atoms with E-state index in [-0.39, 0.29) is 5.63 Å². The van der Waals surface area contributed by atoms with Crippen LogP contribution in [0.25, 0.3) is 11.0 Å². The predicted octanol–water partition coefficient (Wildman–Crippen LogP) is 4.31. The van der Waals surface area contributed by atoms with Gasteiger partial charge in [-0.15, -0.1) is 11.8 Å². The molecule has 0 aliphatic heterocycles. The van der Waals surface area contributed by atoms with Crippen LogP contribution < -0.4 is 10.9 Å². The van der Waals surface area contributed by atoms with Gasteiger partial charge in [0.1, 0.15) is 5.58 Å². The van der Waals surface area contributed by atoms with Crippen molar-refractivity contribution in [3.63, 3.8) is 0 Å². The van der Waals surface area contributed by atoms with Gasteiger partial charge in [0, 0.05) is 39.9 Å². The molecule has 0 aliphatic rings. The minimum atomic E-state index is -0.274. The number of hydrogen-bond acceptors (Lipinski definition) is 4. The minimum absolute atomic E-state index is 0.274. The molecule has 0 amide bonds. The second-order valence-corrected chi connectivity index (χ2v) is 6.23. The lowest BCUT2D eigenvalue weighted by atomic mass is 10.2. The number of rotatable bonds is 5. The average Bonchev–Trinajstić information content (AvgIpc) is 2.54. The van der Waals surface area contributed by atoms with Crippen molar-refractivity contribution < 1.29 is 4.42 Å². The van der Waals surface area contributed by atoms with E-state index in [4.69, 9.17) is 4.42 Å². The lowest BCUT2D eigenvalue weighted by Crippen LogP contribution is -2.05. The zero-order valence-electron chi connectivity index (χ0n) is 12.3. The van der Waals surface area contributed by atoms with E-state index >= 15 is 0 Å². The number of nitrogens with one attached hydrogen (secondary N) is 1. The van der Waals surface area contributed by atoms with Gasteiger partial charge in [-0.25, -0.2) is 4.79 Å². The van der Waals surface area contributed by atoms with Gasteiger partial charge in [-0.05, 0) is 37.3 Å². The predicted molar refractivity (Wildman–Crippen MR) is 92.9 cm³/mol. The Morgan fingerprint density at radius 2 is 1.91 bits per heavy atom. The normalized spacial score (nSPS) is 10.8. The number of aryl methyl sites for hydroxylation is 1. The monoisotopic (exact) mass is 311 g/mol. The van der Waals surface area contributed by atoms with Crippen LogP contribution in [0.3, 0.4) is 0 Å². The Balaban J connectivity index is 1.62. The summed E-state index contributed by atoms with van der Waals surface area (Å²) >= 11 is 1.81. The Bertz CT molecular complexity index is 827. The largest absolute Gasteiger partial charge is 0.422 e. The van der Waals surface area contributed by atoms with Crippen molar-refractivity contribution in [1.29, 1.82) is 0 Å². The molecule has 3 rings (SSSR count). The Morgan fingerprint density at radius 1 is 1.09 bits per heavy atom. The summed E-state index contributed by atoms with van der Waals surface area (Å²) in [6, 6.07) is 18.0. The molecule has 0 atom stereocenters. The molecule has 2 aromatic carbocycles. The van der Waals surface area contributed by atoms with Crippen LogP contribution in [0.2, 0.25) is 0 Å². The molecule has 3 nitrogen and oxygen atoms in total. The maximum atomic E-state index is 11.6. The van der Waals surface area contributed by atoms with E-state index in [0.29, 0.717) is 11.1 Å². The lowest BCUT2D eigenvalue weighted by Gasteiger charge is -2.07. The number of hydrogen-bond donors (Lipinski definition) is 1. The number of anilines is 1. The van der Waals surface area contributed by atoms with Crippen LogP contribution in [0.1, 0.15) is 5.56 Å². The molecule has 1 heterocycles. The van der Waals surface area contributed by atoms with E-state index in [1.165, 1.54) is 4.90 Å². The van der Waals surface area contributed by atoms with Crippen LogP contribution in [-0.2, 0) is 0 Å². The molecule has 112 valence electrons. The van der Waals surface area contributed by atoms with Crippen molar-refractivity contribution in [2.75, 3.05) is 17.6 Å². The molecule has 3 aromatic rings. The summed E-state index contributed by atoms with van der Waals surface area (Å²) in [5.41, 5.74) is 1.95. The Labute approximate surface area is 133 Å². The Hall–Kier alpha value is -2.20. The Morgan fingerprint density at radius 3 is 2.73 bits per heavy atom.